The third-order valence-corrected chi connectivity index (χ3v) is 4.08. The Morgan fingerprint density at radius 2 is 2.00 bits per heavy atom. The first-order chi connectivity index (χ1) is 9.35. The van der Waals surface area contributed by atoms with Crippen molar-refractivity contribution in [1.29, 1.82) is 5.26 Å². The minimum absolute atomic E-state index is 0.558. The average molecular weight is 256 g/mol. The highest BCUT2D eigenvalue weighted by Gasteiger charge is 2.31. The van der Waals surface area contributed by atoms with Crippen molar-refractivity contribution in [3.8, 4) is 6.07 Å². The number of hydrogen-bond acceptors (Lipinski definition) is 3. The number of nitrogens with zero attached hydrogens (tertiary/aromatic N) is 1. The van der Waals surface area contributed by atoms with Crippen LogP contribution < -0.4 is 5.32 Å². The van der Waals surface area contributed by atoms with Crippen LogP contribution in [0.25, 0.3) is 0 Å². The molecule has 3 nitrogen and oxygen atoms in total. The summed E-state index contributed by atoms with van der Waals surface area (Å²) in [6, 6.07) is 11.5. The van der Waals surface area contributed by atoms with Crippen LogP contribution in [0.5, 0.6) is 0 Å². The Hall–Kier alpha value is -1.37. The van der Waals surface area contributed by atoms with Crippen LogP contribution in [0, 0.1) is 17.2 Å². The molecule has 2 fully saturated rings. The number of rotatable bonds is 4. The van der Waals surface area contributed by atoms with Crippen molar-refractivity contribution in [2.24, 2.45) is 5.92 Å². The summed E-state index contributed by atoms with van der Waals surface area (Å²) in [5.41, 5.74) is 2.04. The Morgan fingerprint density at radius 1 is 1.21 bits per heavy atom. The van der Waals surface area contributed by atoms with E-state index in [-0.39, 0.29) is 0 Å². The van der Waals surface area contributed by atoms with E-state index in [1.165, 1.54) is 18.4 Å². The van der Waals surface area contributed by atoms with Gasteiger partial charge in [-0.1, -0.05) is 12.1 Å². The Labute approximate surface area is 114 Å². The van der Waals surface area contributed by atoms with Crippen molar-refractivity contribution in [2.45, 2.75) is 37.8 Å². The SMILES string of the molecule is N#Cc1ccc(CC2COCCC2NC2CC2)cc1. The van der Waals surface area contributed by atoms with Gasteiger partial charge < -0.3 is 10.1 Å². The zero-order chi connectivity index (χ0) is 13.1. The van der Waals surface area contributed by atoms with Gasteiger partial charge in [0.2, 0.25) is 0 Å². The highest BCUT2D eigenvalue weighted by atomic mass is 16.5. The molecule has 1 aliphatic carbocycles. The molecular formula is C16H20N2O. The van der Waals surface area contributed by atoms with Crippen molar-refractivity contribution in [2.75, 3.05) is 13.2 Å². The first-order valence-corrected chi connectivity index (χ1v) is 7.18. The van der Waals surface area contributed by atoms with Crippen LogP contribution in [0.2, 0.25) is 0 Å². The second kappa shape index (κ2) is 5.73. The van der Waals surface area contributed by atoms with Gasteiger partial charge in [-0.05, 0) is 43.4 Å². The number of hydrogen-bond donors (Lipinski definition) is 1. The molecule has 1 aliphatic heterocycles. The molecule has 1 N–H and O–H groups in total. The first-order valence-electron chi connectivity index (χ1n) is 7.18. The van der Waals surface area contributed by atoms with Crippen LogP contribution in [0.4, 0.5) is 0 Å². The molecule has 0 aromatic heterocycles. The Kier molecular flexibility index (Phi) is 3.82. The molecule has 2 aliphatic rings. The van der Waals surface area contributed by atoms with Crippen LogP contribution in [-0.2, 0) is 11.2 Å². The summed E-state index contributed by atoms with van der Waals surface area (Å²) in [4.78, 5) is 0. The lowest BCUT2D eigenvalue weighted by atomic mass is 9.89. The van der Waals surface area contributed by atoms with E-state index in [9.17, 15) is 0 Å². The molecule has 1 saturated heterocycles. The van der Waals surface area contributed by atoms with Crippen LogP contribution in [-0.4, -0.2) is 25.3 Å². The van der Waals surface area contributed by atoms with Crippen molar-refractivity contribution in [3.63, 3.8) is 0 Å². The van der Waals surface area contributed by atoms with Crippen LogP contribution >= 0.6 is 0 Å². The summed E-state index contributed by atoms with van der Waals surface area (Å²) in [5.74, 6) is 0.558. The predicted molar refractivity (Wildman–Crippen MR) is 73.7 cm³/mol. The molecule has 3 rings (SSSR count). The second-order valence-electron chi connectivity index (χ2n) is 5.68. The van der Waals surface area contributed by atoms with Crippen LogP contribution in [0.1, 0.15) is 30.4 Å². The molecule has 1 heterocycles. The highest BCUT2D eigenvalue weighted by molar-refractivity contribution is 5.31. The van der Waals surface area contributed by atoms with E-state index in [0.717, 1.165) is 37.7 Å². The Balaban J connectivity index is 1.63. The quantitative estimate of drug-likeness (QED) is 0.898. The topological polar surface area (TPSA) is 45.0 Å². The lowest BCUT2D eigenvalue weighted by Crippen LogP contribution is -2.44. The van der Waals surface area contributed by atoms with E-state index in [2.05, 4.69) is 23.5 Å². The maximum atomic E-state index is 8.82. The normalized spacial score (nSPS) is 26.9. The molecule has 0 spiro atoms. The molecular weight excluding hydrogens is 236 g/mol. The van der Waals surface area contributed by atoms with Gasteiger partial charge in [0.05, 0.1) is 18.2 Å². The van der Waals surface area contributed by atoms with Gasteiger partial charge in [-0.3, -0.25) is 0 Å². The summed E-state index contributed by atoms with van der Waals surface area (Å²) in [6.07, 6.45) is 4.83. The van der Waals surface area contributed by atoms with Gasteiger partial charge in [0.25, 0.3) is 0 Å². The zero-order valence-electron chi connectivity index (χ0n) is 11.1. The maximum absolute atomic E-state index is 8.82. The van der Waals surface area contributed by atoms with Gasteiger partial charge in [0.15, 0.2) is 0 Å². The zero-order valence-corrected chi connectivity index (χ0v) is 11.1. The lowest BCUT2D eigenvalue weighted by Gasteiger charge is -2.32. The molecule has 2 unspecified atom stereocenters. The van der Waals surface area contributed by atoms with Crippen molar-refractivity contribution >= 4 is 0 Å². The molecule has 0 radical (unpaired) electrons. The first kappa shape index (κ1) is 12.7. The number of ether oxygens (including phenoxy) is 1. The van der Waals surface area contributed by atoms with Gasteiger partial charge in [-0.15, -0.1) is 0 Å². The van der Waals surface area contributed by atoms with Gasteiger partial charge in [-0.2, -0.15) is 5.26 Å². The standard InChI is InChI=1S/C16H20N2O/c17-10-13-3-1-12(2-4-13)9-14-11-19-8-7-16(14)18-15-5-6-15/h1-4,14-16,18H,5-9,11H2. The fourth-order valence-electron chi connectivity index (χ4n) is 2.79. The molecule has 100 valence electrons. The van der Waals surface area contributed by atoms with Crippen LogP contribution in [0.15, 0.2) is 24.3 Å². The third kappa shape index (κ3) is 3.34. The summed E-state index contributed by atoms with van der Waals surface area (Å²) >= 11 is 0. The average Bonchev–Trinajstić information content (AvgIpc) is 3.26. The minimum atomic E-state index is 0.558. The molecule has 2 atom stereocenters. The van der Waals surface area contributed by atoms with E-state index in [1.807, 2.05) is 12.1 Å². The summed E-state index contributed by atoms with van der Waals surface area (Å²) in [5, 5.41) is 12.6. The monoisotopic (exact) mass is 256 g/mol. The largest absolute Gasteiger partial charge is 0.381 e. The Morgan fingerprint density at radius 3 is 2.68 bits per heavy atom. The fourth-order valence-corrected chi connectivity index (χ4v) is 2.79. The second-order valence-corrected chi connectivity index (χ2v) is 5.68. The van der Waals surface area contributed by atoms with Crippen LogP contribution in [0.3, 0.4) is 0 Å². The van der Waals surface area contributed by atoms with E-state index in [4.69, 9.17) is 10.00 Å². The number of benzene rings is 1. The molecule has 1 aromatic carbocycles. The minimum Gasteiger partial charge on any atom is -0.381 e. The maximum Gasteiger partial charge on any atom is 0.0991 e. The van der Waals surface area contributed by atoms with Gasteiger partial charge >= 0.3 is 0 Å². The molecule has 0 bridgehead atoms. The van der Waals surface area contributed by atoms with Crippen molar-refractivity contribution in [3.05, 3.63) is 35.4 Å². The van der Waals surface area contributed by atoms with E-state index < -0.39 is 0 Å². The molecule has 1 aromatic rings. The lowest BCUT2D eigenvalue weighted by molar-refractivity contribution is 0.0316. The molecule has 3 heteroatoms. The molecule has 19 heavy (non-hydrogen) atoms. The predicted octanol–water partition coefficient (Wildman–Crippen LogP) is 2.26. The fraction of sp³-hybridized carbons (Fsp3) is 0.562. The van der Waals surface area contributed by atoms with Gasteiger partial charge in [0.1, 0.15) is 0 Å². The third-order valence-electron chi connectivity index (χ3n) is 4.08. The molecule has 1 saturated carbocycles. The smallest absolute Gasteiger partial charge is 0.0991 e. The summed E-state index contributed by atoms with van der Waals surface area (Å²) in [7, 11) is 0. The van der Waals surface area contributed by atoms with E-state index in [0.29, 0.717) is 12.0 Å². The summed E-state index contributed by atoms with van der Waals surface area (Å²) in [6.45, 7) is 1.73. The van der Waals surface area contributed by atoms with E-state index in [1.54, 1.807) is 0 Å². The highest BCUT2D eigenvalue weighted by Crippen LogP contribution is 2.26. The molecule has 0 amide bonds. The summed E-state index contributed by atoms with van der Waals surface area (Å²) < 4.78 is 5.64. The Bertz CT molecular complexity index is 459. The van der Waals surface area contributed by atoms with E-state index >= 15 is 0 Å². The van der Waals surface area contributed by atoms with Gasteiger partial charge in [-0.25, -0.2) is 0 Å². The number of nitrogens with one attached hydrogen (secondary N) is 1. The van der Waals surface area contributed by atoms with Gasteiger partial charge in [0, 0.05) is 24.6 Å². The van der Waals surface area contributed by atoms with Crippen molar-refractivity contribution < 1.29 is 4.74 Å². The van der Waals surface area contributed by atoms with Crippen molar-refractivity contribution in [1.82, 2.24) is 5.32 Å². The number of nitriles is 1.